The standard InChI is InChI=1S/C17H23N3O4/c1-22-17(18-7-10-20-8-3-2-4-9-20)19-16(21)13-5-6-14-15(11-13)24-12-23-14/h5-6,11H,2-4,7-10,12H2,1H3,(H,18,19,21). The number of nitrogens with zero attached hydrogens (tertiary/aromatic N) is 2. The molecule has 1 saturated heterocycles. The Morgan fingerprint density at radius 1 is 1.25 bits per heavy atom. The maximum atomic E-state index is 12.3. The van der Waals surface area contributed by atoms with Gasteiger partial charge in [-0.1, -0.05) is 6.42 Å². The zero-order valence-electron chi connectivity index (χ0n) is 13.9. The van der Waals surface area contributed by atoms with E-state index >= 15 is 0 Å². The number of hydrogen-bond acceptors (Lipinski definition) is 6. The number of piperidine rings is 1. The summed E-state index contributed by atoms with van der Waals surface area (Å²) in [5.41, 5.74) is 0.472. The van der Waals surface area contributed by atoms with Gasteiger partial charge in [0, 0.05) is 12.1 Å². The molecule has 0 bridgehead atoms. The Labute approximate surface area is 141 Å². The lowest BCUT2D eigenvalue weighted by molar-refractivity contribution is 0.0968. The Morgan fingerprint density at radius 3 is 2.83 bits per heavy atom. The second-order valence-corrected chi connectivity index (χ2v) is 5.82. The fourth-order valence-corrected chi connectivity index (χ4v) is 2.84. The molecule has 130 valence electrons. The number of nitrogens with one attached hydrogen (secondary N) is 1. The Morgan fingerprint density at radius 2 is 2.04 bits per heavy atom. The smallest absolute Gasteiger partial charge is 0.291 e. The molecule has 0 atom stereocenters. The second-order valence-electron chi connectivity index (χ2n) is 5.82. The third kappa shape index (κ3) is 4.17. The minimum Gasteiger partial charge on any atom is -0.468 e. The number of likely N-dealkylation sites (tertiary alicyclic amines) is 1. The van der Waals surface area contributed by atoms with Crippen LogP contribution in [-0.2, 0) is 4.74 Å². The van der Waals surface area contributed by atoms with Crippen LogP contribution in [0.4, 0.5) is 0 Å². The summed E-state index contributed by atoms with van der Waals surface area (Å²) < 4.78 is 15.7. The molecule has 1 amide bonds. The lowest BCUT2D eigenvalue weighted by Gasteiger charge is -2.25. The summed E-state index contributed by atoms with van der Waals surface area (Å²) >= 11 is 0. The summed E-state index contributed by atoms with van der Waals surface area (Å²) in [6.07, 6.45) is 3.82. The molecule has 0 spiro atoms. The van der Waals surface area contributed by atoms with Gasteiger partial charge in [0.15, 0.2) is 11.5 Å². The number of amides is 1. The van der Waals surface area contributed by atoms with E-state index in [4.69, 9.17) is 14.2 Å². The minimum atomic E-state index is -0.285. The van der Waals surface area contributed by atoms with E-state index < -0.39 is 0 Å². The van der Waals surface area contributed by atoms with Gasteiger partial charge in [0.2, 0.25) is 6.79 Å². The first kappa shape index (κ1) is 16.6. The zero-order valence-corrected chi connectivity index (χ0v) is 13.9. The van der Waals surface area contributed by atoms with Gasteiger partial charge in [0.1, 0.15) is 0 Å². The van der Waals surface area contributed by atoms with Crippen LogP contribution in [0.2, 0.25) is 0 Å². The van der Waals surface area contributed by atoms with Gasteiger partial charge in [-0.15, -0.1) is 0 Å². The SMILES string of the molecule is COC(=NCCN1CCCCC1)NC(=O)c1ccc2c(c1)OCO2. The highest BCUT2D eigenvalue weighted by atomic mass is 16.7. The molecule has 7 heteroatoms. The molecular weight excluding hydrogens is 310 g/mol. The highest BCUT2D eigenvalue weighted by Gasteiger charge is 2.17. The molecule has 7 nitrogen and oxygen atoms in total. The van der Waals surface area contributed by atoms with Crippen LogP contribution in [0.25, 0.3) is 0 Å². The topological polar surface area (TPSA) is 72.4 Å². The third-order valence-electron chi connectivity index (χ3n) is 4.17. The van der Waals surface area contributed by atoms with Crippen molar-refractivity contribution in [1.82, 2.24) is 10.2 Å². The molecule has 3 rings (SSSR count). The van der Waals surface area contributed by atoms with Gasteiger partial charge in [-0.25, -0.2) is 4.99 Å². The summed E-state index contributed by atoms with van der Waals surface area (Å²) in [7, 11) is 1.50. The average molecular weight is 333 g/mol. The quantitative estimate of drug-likeness (QED) is 0.670. The van der Waals surface area contributed by atoms with Gasteiger partial charge in [-0.2, -0.15) is 0 Å². The summed E-state index contributed by atoms with van der Waals surface area (Å²) in [5.74, 6) is 0.934. The molecule has 0 aliphatic carbocycles. The average Bonchev–Trinajstić information content (AvgIpc) is 3.09. The van der Waals surface area contributed by atoms with Crippen molar-refractivity contribution in [2.75, 3.05) is 40.1 Å². The molecule has 0 saturated carbocycles. The van der Waals surface area contributed by atoms with Crippen molar-refractivity contribution in [2.24, 2.45) is 4.99 Å². The largest absolute Gasteiger partial charge is 0.468 e. The third-order valence-corrected chi connectivity index (χ3v) is 4.17. The Bertz CT molecular complexity index is 612. The molecule has 24 heavy (non-hydrogen) atoms. The summed E-state index contributed by atoms with van der Waals surface area (Å²) in [4.78, 5) is 19.0. The number of benzene rings is 1. The fourth-order valence-electron chi connectivity index (χ4n) is 2.84. The maximum Gasteiger partial charge on any atom is 0.291 e. The number of carbonyl (C=O) groups is 1. The lowest BCUT2D eigenvalue weighted by atomic mass is 10.1. The van der Waals surface area contributed by atoms with Crippen molar-refractivity contribution in [1.29, 1.82) is 0 Å². The van der Waals surface area contributed by atoms with E-state index in [0.29, 0.717) is 23.6 Å². The normalized spacial score (nSPS) is 17.6. The molecule has 0 unspecified atom stereocenters. The van der Waals surface area contributed by atoms with Crippen molar-refractivity contribution < 1.29 is 19.0 Å². The first-order chi connectivity index (χ1) is 11.8. The Balaban J connectivity index is 1.53. The van der Waals surface area contributed by atoms with Crippen LogP contribution in [-0.4, -0.2) is 56.9 Å². The van der Waals surface area contributed by atoms with Gasteiger partial charge in [-0.05, 0) is 44.1 Å². The number of methoxy groups -OCH3 is 1. The van der Waals surface area contributed by atoms with E-state index in [0.717, 1.165) is 19.6 Å². The Hall–Kier alpha value is -2.28. The van der Waals surface area contributed by atoms with Crippen LogP contribution in [0.15, 0.2) is 23.2 Å². The van der Waals surface area contributed by atoms with Crippen LogP contribution in [0.1, 0.15) is 29.6 Å². The fraction of sp³-hybridized carbons (Fsp3) is 0.529. The zero-order chi connectivity index (χ0) is 16.8. The van der Waals surface area contributed by atoms with Crippen molar-refractivity contribution in [3.8, 4) is 11.5 Å². The molecule has 0 radical (unpaired) electrons. The van der Waals surface area contributed by atoms with Crippen LogP contribution in [0.5, 0.6) is 11.5 Å². The van der Waals surface area contributed by atoms with Crippen molar-refractivity contribution in [3.05, 3.63) is 23.8 Å². The monoisotopic (exact) mass is 333 g/mol. The molecular formula is C17H23N3O4. The van der Waals surface area contributed by atoms with E-state index in [9.17, 15) is 4.79 Å². The van der Waals surface area contributed by atoms with Gasteiger partial charge in [0.05, 0.1) is 13.7 Å². The van der Waals surface area contributed by atoms with E-state index in [1.54, 1.807) is 18.2 Å². The first-order valence-electron chi connectivity index (χ1n) is 8.28. The Kier molecular flexibility index (Phi) is 5.53. The predicted octanol–water partition coefficient (Wildman–Crippen LogP) is 1.63. The number of rotatable bonds is 4. The summed E-state index contributed by atoms with van der Waals surface area (Å²) in [5, 5.41) is 2.69. The number of ether oxygens (including phenoxy) is 3. The van der Waals surface area contributed by atoms with Crippen LogP contribution in [0.3, 0.4) is 0 Å². The van der Waals surface area contributed by atoms with E-state index in [1.807, 2.05) is 0 Å². The van der Waals surface area contributed by atoms with Crippen LogP contribution in [0, 0.1) is 0 Å². The predicted molar refractivity (Wildman–Crippen MR) is 89.6 cm³/mol. The van der Waals surface area contributed by atoms with Crippen molar-refractivity contribution in [3.63, 3.8) is 0 Å². The number of aliphatic imine (C=N–C) groups is 1. The van der Waals surface area contributed by atoms with Crippen LogP contribution < -0.4 is 14.8 Å². The summed E-state index contributed by atoms with van der Waals surface area (Å²) in [6, 6.07) is 5.29. The molecule has 1 aromatic carbocycles. The first-order valence-corrected chi connectivity index (χ1v) is 8.28. The number of carbonyl (C=O) groups excluding carboxylic acids is 1. The van der Waals surface area contributed by atoms with Gasteiger partial charge in [-0.3, -0.25) is 10.1 Å². The second kappa shape index (κ2) is 8.01. The number of fused-ring (bicyclic) bond motifs is 1. The van der Waals surface area contributed by atoms with E-state index in [-0.39, 0.29) is 18.7 Å². The van der Waals surface area contributed by atoms with E-state index in [1.165, 1.54) is 26.4 Å². The van der Waals surface area contributed by atoms with Gasteiger partial charge in [0.25, 0.3) is 11.9 Å². The number of amidine groups is 1. The van der Waals surface area contributed by atoms with Crippen molar-refractivity contribution in [2.45, 2.75) is 19.3 Å². The molecule has 2 aliphatic heterocycles. The molecule has 0 aromatic heterocycles. The highest BCUT2D eigenvalue weighted by Crippen LogP contribution is 2.32. The molecule has 2 heterocycles. The number of hydrogen-bond donors (Lipinski definition) is 1. The van der Waals surface area contributed by atoms with Crippen LogP contribution >= 0.6 is 0 Å². The molecule has 1 N–H and O–H groups in total. The maximum absolute atomic E-state index is 12.3. The lowest BCUT2D eigenvalue weighted by Crippen LogP contribution is -2.34. The van der Waals surface area contributed by atoms with E-state index in [2.05, 4.69) is 15.2 Å². The minimum absolute atomic E-state index is 0.182. The summed E-state index contributed by atoms with van der Waals surface area (Å²) in [6.45, 7) is 3.92. The highest BCUT2D eigenvalue weighted by molar-refractivity contribution is 6.04. The van der Waals surface area contributed by atoms with Gasteiger partial charge < -0.3 is 19.1 Å². The molecule has 2 aliphatic rings. The molecule has 1 fully saturated rings. The van der Waals surface area contributed by atoms with Crippen molar-refractivity contribution >= 4 is 11.9 Å². The van der Waals surface area contributed by atoms with Gasteiger partial charge >= 0.3 is 0 Å². The molecule has 1 aromatic rings.